The third kappa shape index (κ3) is 2.40. The number of nitrogens with zero attached hydrogens (tertiary/aromatic N) is 2. The maximum absolute atomic E-state index is 11.4. The highest BCUT2D eigenvalue weighted by Gasteiger charge is 2.28. The second-order valence-electron chi connectivity index (χ2n) is 4.18. The molecule has 1 aliphatic carbocycles. The number of hydrogen-bond donors (Lipinski definition) is 1. The van der Waals surface area contributed by atoms with Crippen LogP contribution in [0.3, 0.4) is 0 Å². The monoisotopic (exact) mass is 305 g/mol. The first-order valence-corrected chi connectivity index (χ1v) is 6.39. The van der Waals surface area contributed by atoms with Crippen molar-refractivity contribution in [2.24, 2.45) is 5.92 Å². The van der Waals surface area contributed by atoms with E-state index in [1.807, 2.05) is 11.9 Å². The van der Waals surface area contributed by atoms with Gasteiger partial charge in [-0.1, -0.05) is 0 Å². The summed E-state index contributed by atoms with van der Waals surface area (Å²) in [5.74, 6) is 1.29. The molecule has 1 aliphatic rings. The lowest BCUT2D eigenvalue weighted by molar-refractivity contribution is 0.328. The smallest absolute Gasteiger partial charge is 0.267 e. The summed E-state index contributed by atoms with van der Waals surface area (Å²) in [5.41, 5.74) is -0.152. The maximum Gasteiger partial charge on any atom is 0.267 e. The molecule has 0 atom stereocenters. The Hall–Kier alpha value is -0.550. The number of aromatic nitrogens is 2. The minimum Gasteiger partial charge on any atom is -0.358 e. The van der Waals surface area contributed by atoms with Gasteiger partial charge in [0.05, 0.1) is 6.33 Å². The molecular formula is C10H13BrClN3O. The lowest BCUT2D eigenvalue weighted by Gasteiger charge is -2.34. The molecule has 1 fully saturated rings. The van der Waals surface area contributed by atoms with E-state index in [1.54, 1.807) is 0 Å². The van der Waals surface area contributed by atoms with E-state index in [9.17, 15) is 4.79 Å². The fourth-order valence-corrected chi connectivity index (χ4v) is 2.94. The van der Waals surface area contributed by atoms with Crippen LogP contribution >= 0.6 is 27.5 Å². The number of nitrogens with one attached hydrogen (secondary N) is 1. The van der Waals surface area contributed by atoms with Gasteiger partial charge in [0, 0.05) is 19.0 Å². The van der Waals surface area contributed by atoms with Crippen LogP contribution in [0.15, 0.2) is 15.6 Å². The second kappa shape index (κ2) is 4.75. The fourth-order valence-electron chi connectivity index (χ4n) is 1.92. The van der Waals surface area contributed by atoms with Crippen molar-refractivity contribution in [1.82, 2.24) is 9.97 Å². The summed E-state index contributed by atoms with van der Waals surface area (Å²) in [6, 6.07) is 0. The Balaban J connectivity index is 2.06. The molecule has 6 heteroatoms. The van der Waals surface area contributed by atoms with Crippen LogP contribution in [0.5, 0.6) is 0 Å². The van der Waals surface area contributed by atoms with Gasteiger partial charge in [-0.15, -0.1) is 11.6 Å². The van der Waals surface area contributed by atoms with Crippen LogP contribution < -0.4 is 10.5 Å². The summed E-state index contributed by atoms with van der Waals surface area (Å²) in [7, 11) is 1.94. The van der Waals surface area contributed by atoms with E-state index in [4.69, 9.17) is 11.6 Å². The molecule has 0 amide bonds. The molecule has 2 rings (SSSR count). The minimum absolute atomic E-state index is 0.152. The highest BCUT2D eigenvalue weighted by atomic mass is 79.9. The highest BCUT2D eigenvalue weighted by Crippen LogP contribution is 2.33. The molecule has 1 aromatic heterocycles. The van der Waals surface area contributed by atoms with Crippen LogP contribution in [0.1, 0.15) is 12.8 Å². The number of H-pyrrole nitrogens is 1. The molecule has 0 saturated heterocycles. The highest BCUT2D eigenvalue weighted by molar-refractivity contribution is 9.10. The Morgan fingerprint density at radius 3 is 3.00 bits per heavy atom. The van der Waals surface area contributed by atoms with E-state index < -0.39 is 0 Å². The van der Waals surface area contributed by atoms with Gasteiger partial charge < -0.3 is 9.88 Å². The van der Waals surface area contributed by atoms with E-state index in [-0.39, 0.29) is 5.56 Å². The van der Waals surface area contributed by atoms with Crippen molar-refractivity contribution in [2.45, 2.75) is 18.2 Å². The average Bonchev–Trinajstić information content (AvgIpc) is 2.19. The van der Waals surface area contributed by atoms with Gasteiger partial charge in [0.1, 0.15) is 10.3 Å². The lowest BCUT2D eigenvalue weighted by atomic mass is 9.84. The molecule has 1 saturated carbocycles. The number of halogens is 2. The summed E-state index contributed by atoms with van der Waals surface area (Å²) < 4.78 is 0.485. The third-order valence-electron chi connectivity index (χ3n) is 2.85. The standard InChI is InChI=1S/C10H13BrClN3O/c1-15(4-6-2-7(12)3-6)9-8(11)10(16)14-5-13-9/h5-7H,2-4H2,1H3,(H,13,14,16). The molecule has 4 nitrogen and oxygen atoms in total. The van der Waals surface area contributed by atoms with Crippen LogP contribution in [-0.2, 0) is 0 Å². The van der Waals surface area contributed by atoms with E-state index in [2.05, 4.69) is 25.9 Å². The predicted molar refractivity (Wildman–Crippen MR) is 68.2 cm³/mol. The number of alkyl halides is 1. The first kappa shape index (κ1) is 11.9. The lowest BCUT2D eigenvalue weighted by Crippen LogP contribution is -2.35. The Kier molecular flexibility index (Phi) is 3.54. The Bertz CT molecular complexity index is 430. The summed E-state index contributed by atoms with van der Waals surface area (Å²) in [5, 5.41) is 0.328. The van der Waals surface area contributed by atoms with Gasteiger partial charge in [-0.3, -0.25) is 4.79 Å². The molecule has 1 aromatic rings. The molecule has 0 unspecified atom stereocenters. The Morgan fingerprint density at radius 1 is 1.69 bits per heavy atom. The maximum atomic E-state index is 11.4. The molecule has 0 spiro atoms. The fraction of sp³-hybridized carbons (Fsp3) is 0.600. The van der Waals surface area contributed by atoms with E-state index >= 15 is 0 Å². The van der Waals surface area contributed by atoms with Gasteiger partial charge in [-0.25, -0.2) is 4.98 Å². The van der Waals surface area contributed by atoms with Gasteiger partial charge in [0.15, 0.2) is 0 Å². The molecule has 88 valence electrons. The van der Waals surface area contributed by atoms with Gasteiger partial charge in [-0.05, 0) is 34.7 Å². The zero-order valence-corrected chi connectivity index (χ0v) is 11.3. The molecular weight excluding hydrogens is 293 g/mol. The molecule has 1 N–H and O–H groups in total. The first-order chi connectivity index (χ1) is 7.58. The van der Waals surface area contributed by atoms with E-state index in [0.29, 0.717) is 21.6 Å². The summed E-state index contributed by atoms with van der Waals surface area (Å²) in [6.07, 6.45) is 3.52. The Labute approximate surface area is 107 Å². The number of rotatable bonds is 3. The van der Waals surface area contributed by atoms with Crippen molar-refractivity contribution in [3.05, 3.63) is 21.2 Å². The van der Waals surface area contributed by atoms with Gasteiger partial charge >= 0.3 is 0 Å². The SMILES string of the molecule is CN(CC1CC(Cl)C1)c1nc[nH]c(=O)c1Br. The number of aromatic amines is 1. The molecule has 16 heavy (non-hydrogen) atoms. The number of anilines is 1. The quantitative estimate of drug-likeness (QED) is 0.869. The van der Waals surface area contributed by atoms with Crippen molar-refractivity contribution >= 4 is 33.3 Å². The molecule has 1 heterocycles. The van der Waals surface area contributed by atoms with E-state index in [0.717, 1.165) is 19.4 Å². The van der Waals surface area contributed by atoms with Crippen molar-refractivity contribution in [2.75, 3.05) is 18.5 Å². The van der Waals surface area contributed by atoms with Gasteiger partial charge in [-0.2, -0.15) is 0 Å². The van der Waals surface area contributed by atoms with Gasteiger partial charge in [0.2, 0.25) is 0 Å². The van der Waals surface area contributed by atoms with Crippen molar-refractivity contribution < 1.29 is 0 Å². The number of hydrogen-bond acceptors (Lipinski definition) is 3. The van der Waals surface area contributed by atoms with Crippen LogP contribution in [0.4, 0.5) is 5.82 Å². The first-order valence-electron chi connectivity index (χ1n) is 5.16. The van der Waals surface area contributed by atoms with Gasteiger partial charge in [0.25, 0.3) is 5.56 Å². The Morgan fingerprint density at radius 2 is 2.38 bits per heavy atom. The second-order valence-corrected chi connectivity index (χ2v) is 5.59. The topological polar surface area (TPSA) is 49.0 Å². The summed E-state index contributed by atoms with van der Waals surface area (Å²) >= 11 is 9.18. The molecule has 0 radical (unpaired) electrons. The van der Waals surface area contributed by atoms with Crippen molar-refractivity contribution in [1.29, 1.82) is 0 Å². The molecule has 0 bridgehead atoms. The van der Waals surface area contributed by atoms with Crippen LogP contribution in [-0.4, -0.2) is 28.9 Å². The molecule has 0 aromatic carbocycles. The molecule has 0 aliphatic heterocycles. The van der Waals surface area contributed by atoms with E-state index in [1.165, 1.54) is 6.33 Å². The third-order valence-corrected chi connectivity index (χ3v) is 3.92. The van der Waals surface area contributed by atoms with Crippen molar-refractivity contribution in [3.63, 3.8) is 0 Å². The summed E-state index contributed by atoms with van der Waals surface area (Å²) in [4.78, 5) is 20.1. The van der Waals surface area contributed by atoms with Crippen LogP contribution in [0.25, 0.3) is 0 Å². The zero-order chi connectivity index (χ0) is 11.7. The van der Waals surface area contributed by atoms with Crippen LogP contribution in [0, 0.1) is 5.92 Å². The average molecular weight is 307 g/mol. The normalized spacial score (nSPS) is 23.9. The van der Waals surface area contributed by atoms with Crippen molar-refractivity contribution in [3.8, 4) is 0 Å². The zero-order valence-electron chi connectivity index (χ0n) is 8.91. The summed E-state index contributed by atoms with van der Waals surface area (Å²) in [6.45, 7) is 0.887. The largest absolute Gasteiger partial charge is 0.358 e. The van der Waals surface area contributed by atoms with Crippen LogP contribution in [0.2, 0.25) is 0 Å². The minimum atomic E-state index is -0.152. The predicted octanol–water partition coefficient (Wildman–Crippen LogP) is 1.99.